The molecule has 0 heterocycles. The first-order valence-electron chi connectivity index (χ1n) is 12.1. The highest BCUT2D eigenvalue weighted by Crippen LogP contribution is 2.66. The Hall–Kier alpha value is -2.82. The summed E-state index contributed by atoms with van der Waals surface area (Å²) in [6.45, 7) is 5.47. The van der Waals surface area contributed by atoms with Gasteiger partial charge in [0.15, 0.2) is 0 Å². The van der Waals surface area contributed by atoms with Crippen molar-refractivity contribution < 1.29 is 23.8 Å². The fourth-order valence-electron chi connectivity index (χ4n) is 7.21. The van der Waals surface area contributed by atoms with E-state index in [1.54, 1.807) is 0 Å². The Morgan fingerprint density at radius 3 is 2.15 bits per heavy atom. The minimum Gasteiger partial charge on any atom is -0.454 e. The maximum atomic E-state index is 13.4. The average molecular weight is 447 g/mol. The predicted octanol–water partition coefficient (Wildman–Crippen LogP) is 5.77. The number of esters is 1. The Morgan fingerprint density at radius 1 is 0.818 bits per heavy atom. The molecule has 4 aliphatic rings. The first-order chi connectivity index (χ1) is 15.8. The molecule has 5 heteroatoms. The zero-order valence-electron chi connectivity index (χ0n) is 19.3. The number of ether oxygens (including phenoxy) is 3. The Bertz CT molecular complexity index is 1140. The second kappa shape index (κ2) is 7.34. The molecule has 33 heavy (non-hydrogen) atoms. The molecule has 172 valence electrons. The topological polar surface area (TPSA) is 61.8 Å². The molecule has 6 rings (SSSR count). The third kappa shape index (κ3) is 3.35. The number of hydrogen-bond donors (Lipinski definition) is 0. The van der Waals surface area contributed by atoms with Crippen molar-refractivity contribution in [1.82, 2.24) is 0 Å². The SMILES string of the molecule is CC(C)(C)OC(=O)OC1C2CC(C1OC(=O)c1cccc3ccccc13)C1C3C=CC(C3)C21. The maximum Gasteiger partial charge on any atom is 0.509 e. The van der Waals surface area contributed by atoms with E-state index in [2.05, 4.69) is 12.2 Å². The van der Waals surface area contributed by atoms with Crippen LogP contribution in [0, 0.1) is 35.5 Å². The normalized spacial score (nSPS) is 35.6. The molecule has 0 aliphatic heterocycles. The first-order valence-corrected chi connectivity index (χ1v) is 12.1. The van der Waals surface area contributed by atoms with Crippen LogP contribution in [0.5, 0.6) is 0 Å². The molecule has 3 saturated carbocycles. The molecule has 0 aromatic heterocycles. The lowest BCUT2D eigenvalue weighted by molar-refractivity contribution is -0.103. The number of carbonyl (C=O) groups is 2. The van der Waals surface area contributed by atoms with Crippen molar-refractivity contribution in [2.45, 2.75) is 51.4 Å². The van der Waals surface area contributed by atoms with Crippen molar-refractivity contribution in [3.63, 3.8) is 0 Å². The first kappa shape index (κ1) is 20.8. The van der Waals surface area contributed by atoms with Crippen molar-refractivity contribution in [3.8, 4) is 0 Å². The lowest BCUT2D eigenvalue weighted by Crippen LogP contribution is -2.48. The van der Waals surface area contributed by atoms with Crippen molar-refractivity contribution in [2.75, 3.05) is 0 Å². The summed E-state index contributed by atoms with van der Waals surface area (Å²) < 4.78 is 17.6. The van der Waals surface area contributed by atoms with Gasteiger partial charge in [0.2, 0.25) is 0 Å². The van der Waals surface area contributed by atoms with Crippen LogP contribution in [0.2, 0.25) is 0 Å². The Balaban J connectivity index is 1.29. The van der Waals surface area contributed by atoms with Gasteiger partial charge in [-0.1, -0.05) is 48.6 Å². The van der Waals surface area contributed by atoms with Gasteiger partial charge in [-0.3, -0.25) is 0 Å². The lowest BCUT2D eigenvalue weighted by atomic mass is 9.71. The molecule has 4 bridgehead atoms. The molecule has 5 nitrogen and oxygen atoms in total. The molecule has 2 aromatic carbocycles. The molecule has 2 aromatic rings. The minimum atomic E-state index is -0.679. The van der Waals surface area contributed by atoms with Crippen LogP contribution in [0.3, 0.4) is 0 Å². The van der Waals surface area contributed by atoms with Gasteiger partial charge < -0.3 is 14.2 Å². The smallest absolute Gasteiger partial charge is 0.454 e. The molecule has 0 amide bonds. The van der Waals surface area contributed by atoms with E-state index in [4.69, 9.17) is 14.2 Å². The van der Waals surface area contributed by atoms with Gasteiger partial charge in [0, 0.05) is 11.8 Å². The van der Waals surface area contributed by atoms with E-state index >= 15 is 0 Å². The summed E-state index contributed by atoms with van der Waals surface area (Å²) in [4.78, 5) is 26.0. The fraction of sp³-hybridized carbons (Fsp3) is 0.500. The van der Waals surface area contributed by atoms with E-state index < -0.39 is 24.0 Å². The van der Waals surface area contributed by atoms with Crippen LogP contribution in [0.15, 0.2) is 54.6 Å². The van der Waals surface area contributed by atoms with Gasteiger partial charge in [-0.05, 0) is 74.1 Å². The summed E-state index contributed by atoms with van der Waals surface area (Å²) in [5, 5.41) is 1.87. The summed E-state index contributed by atoms with van der Waals surface area (Å²) in [5.74, 6) is 2.19. The number of hydrogen-bond acceptors (Lipinski definition) is 5. The van der Waals surface area contributed by atoms with Gasteiger partial charge in [0.1, 0.15) is 17.8 Å². The molecule has 8 atom stereocenters. The number of allylic oxidation sites excluding steroid dienone is 2. The molecule has 0 saturated heterocycles. The van der Waals surface area contributed by atoms with Gasteiger partial charge in [0.05, 0.1) is 5.56 Å². The van der Waals surface area contributed by atoms with Crippen molar-refractivity contribution >= 4 is 22.9 Å². The Morgan fingerprint density at radius 2 is 1.45 bits per heavy atom. The van der Waals surface area contributed by atoms with Gasteiger partial charge in [0.25, 0.3) is 0 Å². The van der Waals surface area contributed by atoms with Gasteiger partial charge in [-0.25, -0.2) is 9.59 Å². The van der Waals surface area contributed by atoms with Crippen LogP contribution in [-0.4, -0.2) is 29.9 Å². The molecular formula is C28H30O5. The third-order valence-corrected chi connectivity index (χ3v) is 8.16. The molecule has 0 spiro atoms. The largest absolute Gasteiger partial charge is 0.509 e. The number of benzene rings is 2. The molecule has 3 fully saturated rings. The summed E-state index contributed by atoms with van der Waals surface area (Å²) in [5.41, 5.74) is -0.0853. The van der Waals surface area contributed by atoms with Crippen molar-refractivity contribution in [2.24, 2.45) is 35.5 Å². The van der Waals surface area contributed by atoms with E-state index in [1.807, 2.05) is 63.2 Å². The van der Waals surface area contributed by atoms with E-state index in [0.717, 1.165) is 17.2 Å². The number of rotatable bonds is 3. The molecule has 0 N–H and O–H groups in total. The maximum absolute atomic E-state index is 13.4. The highest BCUT2D eigenvalue weighted by molar-refractivity contribution is 6.04. The summed E-state index contributed by atoms with van der Waals surface area (Å²) in [6.07, 6.45) is 5.21. The monoisotopic (exact) mass is 446 g/mol. The second-order valence-electron chi connectivity index (χ2n) is 11.1. The molecule has 4 aliphatic carbocycles. The van der Waals surface area contributed by atoms with Crippen LogP contribution in [0.25, 0.3) is 10.8 Å². The zero-order valence-corrected chi connectivity index (χ0v) is 19.3. The van der Waals surface area contributed by atoms with Crippen LogP contribution in [0.4, 0.5) is 4.79 Å². The highest BCUT2D eigenvalue weighted by atomic mass is 16.7. The Kier molecular flexibility index (Phi) is 4.62. The fourth-order valence-corrected chi connectivity index (χ4v) is 7.21. The third-order valence-electron chi connectivity index (χ3n) is 8.16. The van der Waals surface area contributed by atoms with E-state index in [0.29, 0.717) is 29.2 Å². The van der Waals surface area contributed by atoms with Gasteiger partial charge >= 0.3 is 12.1 Å². The summed E-state index contributed by atoms with van der Waals surface area (Å²) in [7, 11) is 0. The summed E-state index contributed by atoms with van der Waals surface area (Å²) in [6, 6.07) is 13.5. The molecule has 0 radical (unpaired) electrons. The van der Waals surface area contributed by atoms with E-state index in [1.165, 1.54) is 6.42 Å². The molecular weight excluding hydrogens is 416 g/mol. The number of carbonyl (C=O) groups excluding carboxylic acids is 2. The summed E-state index contributed by atoms with van der Waals surface area (Å²) >= 11 is 0. The average Bonchev–Trinajstić information content (AvgIpc) is 3.52. The standard InChI is InChI=1S/C28H30O5/c1-28(2,3)33-27(30)32-25-21-14-20(22-16-11-12-17(13-16)23(21)22)24(25)31-26(29)19-10-6-8-15-7-4-5-9-18(15)19/h4-12,16-17,20-25H,13-14H2,1-3H3. The van der Waals surface area contributed by atoms with Crippen LogP contribution < -0.4 is 0 Å². The van der Waals surface area contributed by atoms with Crippen molar-refractivity contribution in [1.29, 1.82) is 0 Å². The van der Waals surface area contributed by atoms with Crippen LogP contribution in [-0.2, 0) is 14.2 Å². The minimum absolute atomic E-state index is 0.206. The van der Waals surface area contributed by atoms with Gasteiger partial charge in [-0.2, -0.15) is 0 Å². The van der Waals surface area contributed by atoms with E-state index in [9.17, 15) is 9.59 Å². The van der Waals surface area contributed by atoms with Crippen LogP contribution in [0.1, 0.15) is 44.0 Å². The predicted molar refractivity (Wildman–Crippen MR) is 124 cm³/mol. The Labute approximate surface area is 194 Å². The van der Waals surface area contributed by atoms with Crippen molar-refractivity contribution in [3.05, 3.63) is 60.2 Å². The van der Waals surface area contributed by atoms with E-state index in [-0.39, 0.29) is 17.8 Å². The van der Waals surface area contributed by atoms with Crippen LogP contribution >= 0.6 is 0 Å². The van der Waals surface area contributed by atoms with Gasteiger partial charge in [-0.15, -0.1) is 0 Å². The second-order valence-corrected chi connectivity index (χ2v) is 11.1. The molecule has 8 unspecified atom stereocenters. The highest BCUT2D eigenvalue weighted by Gasteiger charge is 2.67. The quantitative estimate of drug-likeness (QED) is 0.340. The number of fused-ring (bicyclic) bond motifs is 10. The lowest BCUT2D eigenvalue weighted by Gasteiger charge is -2.40. The zero-order chi connectivity index (χ0) is 22.9.